The van der Waals surface area contributed by atoms with E-state index in [1.807, 2.05) is 18.9 Å². The molecule has 0 saturated carbocycles. The summed E-state index contributed by atoms with van der Waals surface area (Å²) in [6, 6.07) is 3.22. The van der Waals surface area contributed by atoms with E-state index in [1.165, 1.54) is 6.07 Å². The Morgan fingerprint density at radius 2 is 2.00 bits per heavy atom. The number of carbonyl (C=O) groups is 1. The van der Waals surface area contributed by atoms with Crippen molar-refractivity contribution >= 4 is 5.78 Å². The molecule has 0 aromatic heterocycles. The van der Waals surface area contributed by atoms with E-state index < -0.39 is 11.6 Å². The van der Waals surface area contributed by atoms with Crippen molar-refractivity contribution in [1.82, 2.24) is 4.90 Å². The van der Waals surface area contributed by atoms with Gasteiger partial charge in [-0.05, 0) is 38.2 Å². The summed E-state index contributed by atoms with van der Waals surface area (Å²) in [6.07, 6.45) is 0.946. The van der Waals surface area contributed by atoms with Crippen molar-refractivity contribution < 1.29 is 13.6 Å². The van der Waals surface area contributed by atoms with Gasteiger partial charge in [0, 0.05) is 5.56 Å². The highest BCUT2D eigenvalue weighted by molar-refractivity contribution is 5.97. The largest absolute Gasteiger partial charge is 0.299 e. The number of ketones is 1. The second-order valence-electron chi connectivity index (χ2n) is 3.79. The van der Waals surface area contributed by atoms with E-state index in [0.717, 1.165) is 25.1 Å². The normalized spacial score (nSPS) is 10.8. The van der Waals surface area contributed by atoms with Crippen LogP contribution in [0.2, 0.25) is 0 Å². The Morgan fingerprint density at radius 1 is 1.31 bits per heavy atom. The van der Waals surface area contributed by atoms with Crippen molar-refractivity contribution in [3.05, 3.63) is 35.4 Å². The number of Topliss-reactive ketones (excluding diaryl/α,β-unsaturated/α-hetero) is 1. The zero-order valence-corrected chi connectivity index (χ0v) is 9.46. The molecule has 0 atom stereocenters. The van der Waals surface area contributed by atoms with Crippen LogP contribution >= 0.6 is 0 Å². The maximum absolute atomic E-state index is 12.9. The Bertz CT molecular complexity index is 379. The van der Waals surface area contributed by atoms with Gasteiger partial charge >= 0.3 is 0 Å². The van der Waals surface area contributed by atoms with E-state index in [9.17, 15) is 13.6 Å². The number of nitrogens with zero attached hydrogens (tertiary/aromatic N) is 1. The molecule has 0 radical (unpaired) electrons. The number of likely N-dealkylation sites (N-methyl/N-ethyl adjacent to an activating group) is 1. The second-order valence-corrected chi connectivity index (χ2v) is 3.79. The van der Waals surface area contributed by atoms with Crippen LogP contribution in [-0.4, -0.2) is 30.8 Å². The smallest absolute Gasteiger partial charge is 0.176 e. The van der Waals surface area contributed by atoms with Gasteiger partial charge in [-0.25, -0.2) is 8.78 Å². The number of hydrogen-bond acceptors (Lipinski definition) is 2. The van der Waals surface area contributed by atoms with Gasteiger partial charge in [0.1, 0.15) is 0 Å². The van der Waals surface area contributed by atoms with Crippen LogP contribution in [0.15, 0.2) is 18.2 Å². The molecular weight excluding hydrogens is 212 g/mol. The SMILES string of the molecule is CCCN(C)CC(=O)c1ccc(F)c(F)c1. The molecular formula is C12H15F2NO. The topological polar surface area (TPSA) is 20.3 Å². The van der Waals surface area contributed by atoms with Crippen molar-refractivity contribution in [3.63, 3.8) is 0 Å². The average Bonchev–Trinajstić information content (AvgIpc) is 2.22. The molecule has 0 bridgehead atoms. The lowest BCUT2D eigenvalue weighted by Gasteiger charge is -2.14. The molecule has 4 heteroatoms. The van der Waals surface area contributed by atoms with Gasteiger partial charge in [-0.3, -0.25) is 9.69 Å². The molecule has 0 heterocycles. The lowest BCUT2D eigenvalue weighted by atomic mass is 10.1. The Hall–Kier alpha value is -1.29. The third-order valence-electron chi connectivity index (χ3n) is 2.26. The van der Waals surface area contributed by atoms with Crippen LogP contribution in [-0.2, 0) is 0 Å². The summed E-state index contributed by atoms with van der Waals surface area (Å²) in [6.45, 7) is 3.03. The molecule has 1 aromatic rings. The predicted octanol–water partition coefficient (Wildman–Crippen LogP) is 2.49. The zero-order chi connectivity index (χ0) is 12.1. The van der Waals surface area contributed by atoms with Crippen LogP contribution in [0.25, 0.3) is 0 Å². The molecule has 88 valence electrons. The Labute approximate surface area is 93.9 Å². The van der Waals surface area contributed by atoms with Crippen LogP contribution in [0.3, 0.4) is 0 Å². The van der Waals surface area contributed by atoms with Crippen molar-refractivity contribution in [1.29, 1.82) is 0 Å². The fourth-order valence-corrected chi connectivity index (χ4v) is 1.47. The molecule has 0 saturated heterocycles. The second kappa shape index (κ2) is 5.70. The van der Waals surface area contributed by atoms with Crippen molar-refractivity contribution in [2.75, 3.05) is 20.1 Å². The van der Waals surface area contributed by atoms with E-state index in [0.29, 0.717) is 0 Å². The maximum atomic E-state index is 12.9. The molecule has 0 unspecified atom stereocenters. The molecule has 0 aliphatic carbocycles. The van der Waals surface area contributed by atoms with Crippen molar-refractivity contribution in [2.45, 2.75) is 13.3 Å². The first kappa shape index (κ1) is 12.8. The lowest BCUT2D eigenvalue weighted by molar-refractivity contribution is 0.0946. The van der Waals surface area contributed by atoms with Crippen molar-refractivity contribution in [2.24, 2.45) is 0 Å². The van der Waals surface area contributed by atoms with E-state index >= 15 is 0 Å². The highest BCUT2D eigenvalue weighted by Crippen LogP contribution is 2.09. The minimum Gasteiger partial charge on any atom is -0.299 e. The first-order valence-corrected chi connectivity index (χ1v) is 5.21. The molecule has 1 rings (SSSR count). The Kier molecular flexibility index (Phi) is 4.55. The number of rotatable bonds is 5. The van der Waals surface area contributed by atoms with E-state index in [-0.39, 0.29) is 17.9 Å². The first-order valence-electron chi connectivity index (χ1n) is 5.21. The Morgan fingerprint density at radius 3 is 2.56 bits per heavy atom. The highest BCUT2D eigenvalue weighted by Gasteiger charge is 2.11. The van der Waals surface area contributed by atoms with E-state index in [2.05, 4.69) is 0 Å². The summed E-state index contributed by atoms with van der Waals surface area (Å²) in [5.41, 5.74) is 0.210. The summed E-state index contributed by atoms with van der Waals surface area (Å²) in [5, 5.41) is 0. The van der Waals surface area contributed by atoms with Crippen LogP contribution in [0.4, 0.5) is 8.78 Å². The van der Waals surface area contributed by atoms with Crippen LogP contribution in [0.1, 0.15) is 23.7 Å². The monoisotopic (exact) mass is 227 g/mol. The first-order chi connectivity index (χ1) is 7.54. The van der Waals surface area contributed by atoms with Gasteiger partial charge in [-0.2, -0.15) is 0 Å². The maximum Gasteiger partial charge on any atom is 0.176 e. The molecule has 0 aliphatic heterocycles. The fourth-order valence-electron chi connectivity index (χ4n) is 1.47. The number of halogens is 2. The number of hydrogen-bond donors (Lipinski definition) is 0. The fraction of sp³-hybridized carbons (Fsp3) is 0.417. The lowest BCUT2D eigenvalue weighted by Crippen LogP contribution is -2.26. The molecule has 0 fully saturated rings. The van der Waals surface area contributed by atoms with Gasteiger partial charge in [-0.15, -0.1) is 0 Å². The summed E-state index contributed by atoms with van der Waals surface area (Å²) in [7, 11) is 1.82. The van der Waals surface area contributed by atoms with Gasteiger partial charge < -0.3 is 0 Å². The highest BCUT2D eigenvalue weighted by atomic mass is 19.2. The average molecular weight is 227 g/mol. The third kappa shape index (κ3) is 3.38. The van der Waals surface area contributed by atoms with Gasteiger partial charge in [-0.1, -0.05) is 6.92 Å². The number of carbonyl (C=O) groups excluding carboxylic acids is 1. The quantitative estimate of drug-likeness (QED) is 0.720. The summed E-state index contributed by atoms with van der Waals surface area (Å²) in [4.78, 5) is 13.5. The van der Waals surface area contributed by atoms with Gasteiger partial charge in [0.25, 0.3) is 0 Å². The van der Waals surface area contributed by atoms with E-state index in [1.54, 1.807) is 0 Å². The summed E-state index contributed by atoms with van der Waals surface area (Å²) in [5.74, 6) is -2.11. The Balaban J connectivity index is 2.69. The summed E-state index contributed by atoms with van der Waals surface area (Å²) < 4.78 is 25.5. The molecule has 0 aliphatic rings. The minimum atomic E-state index is -0.982. The molecule has 1 aromatic carbocycles. The van der Waals surface area contributed by atoms with Gasteiger partial charge in [0.2, 0.25) is 0 Å². The van der Waals surface area contributed by atoms with Gasteiger partial charge in [0.05, 0.1) is 6.54 Å². The molecule has 0 N–H and O–H groups in total. The van der Waals surface area contributed by atoms with Crippen LogP contribution in [0.5, 0.6) is 0 Å². The molecule has 2 nitrogen and oxygen atoms in total. The molecule has 0 spiro atoms. The standard InChI is InChI=1S/C12H15F2NO/c1-3-6-15(2)8-12(16)9-4-5-10(13)11(14)7-9/h4-5,7H,3,6,8H2,1-2H3. The number of benzene rings is 1. The van der Waals surface area contributed by atoms with E-state index in [4.69, 9.17) is 0 Å². The minimum absolute atomic E-state index is 0.199. The van der Waals surface area contributed by atoms with Crippen LogP contribution in [0, 0.1) is 11.6 Å². The predicted molar refractivity (Wildman–Crippen MR) is 58.5 cm³/mol. The summed E-state index contributed by atoms with van der Waals surface area (Å²) >= 11 is 0. The van der Waals surface area contributed by atoms with Crippen molar-refractivity contribution in [3.8, 4) is 0 Å². The molecule has 0 amide bonds. The molecule has 16 heavy (non-hydrogen) atoms. The third-order valence-corrected chi connectivity index (χ3v) is 2.26. The van der Waals surface area contributed by atoms with Gasteiger partial charge in [0.15, 0.2) is 17.4 Å². The van der Waals surface area contributed by atoms with Crippen LogP contribution < -0.4 is 0 Å². The zero-order valence-electron chi connectivity index (χ0n) is 9.46.